The van der Waals surface area contributed by atoms with Crippen LogP contribution in [-0.4, -0.2) is 9.55 Å². The lowest BCUT2D eigenvalue weighted by Crippen LogP contribution is -2.11. The quantitative estimate of drug-likeness (QED) is 0.179. The monoisotopic (exact) mass is 653 g/mol. The highest BCUT2D eigenvalue weighted by molar-refractivity contribution is 6.25. The van der Waals surface area contributed by atoms with Crippen molar-refractivity contribution in [3.8, 4) is 28.3 Å². The first kappa shape index (κ1) is 29.0. The lowest BCUT2D eigenvalue weighted by Gasteiger charge is -2.27. The maximum absolute atomic E-state index is 6.73. The van der Waals surface area contributed by atoms with Crippen LogP contribution >= 0.6 is 0 Å². The summed E-state index contributed by atoms with van der Waals surface area (Å²) in [5, 5.41) is 4.69. The number of oxazole rings is 1. The van der Waals surface area contributed by atoms with Gasteiger partial charge in [0.1, 0.15) is 5.52 Å². The van der Waals surface area contributed by atoms with E-state index in [0.717, 1.165) is 72.3 Å². The fourth-order valence-corrected chi connectivity index (χ4v) is 7.51. The SMILES string of the molecule is c1ccc(-c2cccc(N(c3cccc4nc(-c5ccccc5)oc34)c3cc4ccccc4c4c3c3ccccc3n4-c3ccccc3)c2)cc1. The van der Waals surface area contributed by atoms with Crippen LogP contribution in [0.3, 0.4) is 0 Å². The van der Waals surface area contributed by atoms with Crippen LogP contribution < -0.4 is 4.90 Å². The highest BCUT2D eigenvalue weighted by atomic mass is 16.3. The van der Waals surface area contributed by atoms with Crippen molar-refractivity contribution in [2.45, 2.75) is 0 Å². The third-order valence-corrected chi connectivity index (χ3v) is 9.76. The van der Waals surface area contributed by atoms with Gasteiger partial charge >= 0.3 is 0 Å². The smallest absolute Gasteiger partial charge is 0.227 e. The van der Waals surface area contributed by atoms with Crippen molar-refractivity contribution in [1.82, 2.24) is 9.55 Å². The molecule has 0 aliphatic heterocycles. The lowest BCUT2D eigenvalue weighted by atomic mass is 10.0. The molecule has 0 aliphatic rings. The second kappa shape index (κ2) is 11.9. The molecule has 10 aromatic rings. The summed E-state index contributed by atoms with van der Waals surface area (Å²) in [5.41, 5.74) is 11.2. The van der Waals surface area contributed by atoms with Gasteiger partial charge in [-0.2, -0.15) is 0 Å². The molecule has 2 heterocycles. The number of aromatic nitrogens is 2. The van der Waals surface area contributed by atoms with Gasteiger partial charge in [0.25, 0.3) is 0 Å². The molecular weight excluding hydrogens is 623 g/mol. The first-order chi connectivity index (χ1) is 25.3. The predicted molar refractivity (Wildman–Crippen MR) is 211 cm³/mol. The van der Waals surface area contributed by atoms with Crippen molar-refractivity contribution in [3.63, 3.8) is 0 Å². The predicted octanol–water partition coefficient (Wildman–Crippen LogP) is 12.9. The van der Waals surface area contributed by atoms with Gasteiger partial charge in [-0.3, -0.25) is 0 Å². The molecule has 51 heavy (non-hydrogen) atoms. The van der Waals surface area contributed by atoms with Crippen LogP contribution in [-0.2, 0) is 0 Å². The van der Waals surface area contributed by atoms with E-state index in [-0.39, 0.29) is 0 Å². The van der Waals surface area contributed by atoms with Gasteiger partial charge in [-0.05, 0) is 77.2 Å². The zero-order valence-electron chi connectivity index (χ0n) is 27.6. The number of para-hydroxylation sites is 3. The molecule has 0 saturated heterocycles. The number of hydrogen-bond acceptors (Lipinski definition) is 3. The molecule has 0 bridgehead atoms. The largest absolute Gasteiger partial charge is 0.434 e. The van der Waals surface area contributed by atoms with Crippen molar-refractivity contribution in [3.05, 3.63) is 188 Å². The topological polar surface area (TPSA) is 34.2 Å². The normalized spacial score (nSPS) is 11.5. The maximum atomic E-state index is 6.73. The summed E-state index contributed by atoms with van der Waals surface area (Å²) in [6.07, 6.45) is 0. The van der Waals surface area contributed by atoms with Crippen LogP contribution in [0, 0.1) is 0 Å². The molecule has 0 amide bonds. The summed E-state index contributed by atoms with van der Waals surface area (Å²) in [7, 11) is 0. The third-order valence-electron chi connectivity index (χ3n) is 9.76. The Morgan fingerprint density at radius 1 is 0.490 bits per heavy atom. The first-order valence-corrected chi connectivity index (χ1v) is 17.2. The van der Waals surface area contributed by atoms with E-state index in [2.05, 4.69) is 161 Å². The van der Waals surface area contributed by atoms with E-state index in [1.54, 1.807) is 0 Å². The van der Waals surface area contributed by atoms with Gasteiger partial charge in [0.2, 0.25) is 5.89 Å². The molecule has 8 aromatic carbocycles. The number of rotatable bonds is 6. The van der Waals surface area contributed by atoms with Crippen LogP contribution in [0.25, 0.3) is 71.9 Å². The van der Waals surface area contributed by atoms with E-state index in [1.165, 1.54) is 10.8 Å². The van der Waals surface area contributed by atoms with Gasteiger partial charge in [-0.15, -0.1) is 0 Å². The Balaban J connectivity index is 1.34. The number of benzene rings is 8. The average molecular weight is 654 g/mol. The Kier molecular flexibility index (Phi) is 6.78. The standard InChI is InChI=1S/C47H31N3O/c1-4-16-32(17-5-1)34-21-14-24-37(30-34)49(42-29-15-27-40-46(42)51-47(48-40)33-18-6-2-7-19-33)43-31-35-20-10-11-25-38(35)45-44(43)39-26-12-13-28-41(39)50(45)36-22-8-3-9-23-36/h1-31H. The van der Waals surface area contributed by atoms with Crippen molar-refractivity contribution in [2.75, 3.05) is 4.90 Å². The zero-order valence-corrected chi connectivity index (χ0v) is 27.6. The highest BCUT2D eigenvalue weighted by Gasteiger charge is 2.26. The second-order valence-electron chi connectivity index (χ2n) is 12.8. The van der Waals surface area contributed by atoms with Gasteiger partial charge in [-0.25, -0.2) is 4.98 Å². The molecule has 0 atom stereocenters. The van der Waals surface area contributed by atoms with Crippen LogP contribution in [0.1, 0.15) is 0 Å². The Morgan fingerprint density at radius 3 is 1.94 bits per heavy atom. The molecule has 0 radical (unpaired) electrons. The Labute approximate surface area is 295 Å². The number of fused-ring (bicyclic) bond motifs is 6. The Bertz CT molecular complexity index is 2850. The maximum Gasteiger partial charge on any atom is 0.227 e. The summed E-state index contributed by atoms with van der Waals surface area (Å²) in [6, 6.07) is 66.2. The Morgan fingerprint density at radius 2 is 1.14 bits per heavy atom. The minimum atomic E-state index is 0.598. The molecular formula is C47H31N3O. The molecule has 4 heteroatoms. The van der Waals surface area contributed by atoms with E-state index in [1.807, 2.05) is 36.4 Å². The first-order valence-electron chi connectivity index (χ1n) is 17.2. The highest BCUT2D eigenvalue weighted by Crippen LogP contribution is 2.48. The van der Waals surface area contributed by atoms with Gasteiger partial charge in [0, 0.05) is 33.1 Å². The van der Waals surface area contributed by atoms with Crippen LogP contribution in [0.5, 0.6) is 0 Å². The van der Waals surface area contributed by atoms with Crippen molar-refractivity contribution in [2.24, 2.45) is 0 Å². The van der Waals surface area contributed by atoms with Crippen LogP contribution in [0.2, 0.25) is 0 Å². The van der Waals surface area contributed by atoms with Gasteiger partial charge in [0.05, 0.1) is 22.4 Å². The average Bonchev–Trinajstić information content (AvgIpc) is 3.80. The van der Waals surface area contributed by atoms with E-state index in [9.17, 15) is 0 Å². The fraction of sp³-hybridized carbons (Fsp3) is 0. The summed E-state index contributed by atoms with van der Waals surface area (Å²) in [6.45, 7) is 0. The number of anilines is 3. The molecule has 0 saturated carbocycles. The minimum absolute atomic E-state index is 0.598. The minimum Gasteiger partial charge on any atom is -0.434 e. The third kappa shape index (κ3) is 4.80. The van der Waals surface area contributed by atoms with Crippen molar-refractivity contribution >= 4 is 60.7 Å². The Hall–Kier alpha value is -6.91. The summed E-state index contributed by atoms with van der Waals surface area (Å²) >= 11 is 0. The summed E-state index contributed by atoms with van der Waals surface area (Å²) < 4.78 is 9.14. The van der Waals surface area contributed by atoms with E-state index in [4.69, 9.17) is 9.40 Å². The molecule has 0 N–H and O–H groups in total. The molecule has 2 aromatic heterocycles. The summed E-state index contributed by atoms with van der Waals surface area (Å²) in [4.78, 5) is 7.35. The van der Waals surface area contributed by atoms with E-state index >= 15 is 0 Å². The molecule has 10 rings (SSSR count). The lowest BCUT2D eigenvalue weighted by molar-refractivity contribution is 0.620. The molecule has 4 nitrogen and oxygen atoms in total. The molecule has 0 unspecified atom stereocenters. The van der Waals surface area contributed by atoms with Crippen LogP contribution in [0.4, 0.5) is 17.1 Å². The van der Waals surface area contributed by atoms with Crippen LogP contribution in [0.15, 0.2) is 192 Å². The van der Waals surface area contributed by atoms with Gasteiger partial charge in [-0.1, -0.05) is 127 Å². The molecule has 0 aliphatic carbocycles. The fourth-order valence-electron chi connectivity index (χ4n) is 7.51. The summed E-state index contributed by atoms with van der Waals surface area (Å²) in [5.74, 6) is 0.598. The van der Waals surface area contributed by atoms with Gasteiger partial charge in [0.15, 0.2) is 5.58 Å². The van der Waals surface area contributed by atoms with Crippen molar-refractivity contribution in [1.29, 1.82) is 0 Å². The number of hydrogen-bond donors (Lipinski definition) is 0. The van der Waals surface area contributed by atoms with Gasteiger partial charge < -0.3 is 13.9 Å². The molecule has 0 spiro atoms. The van der Waals surface area contributed by atoms with E-state index < -0.39 is 0 Å². The molecule has 240 valence electrons. The zero-order chi connectivity index (χ0) is 33.7. The second-order valence-corrected chi connectivity index (χ2v) is 12.8. The number of nitrogens with zero attached hydrogens (tertiary/aromatic N) is 3. The van der Waals surface area contributed by atoms with Crippen molar-refractivity contribution < 1.29 is 4.42 Å². The van der Waals surface area contributed by atoms with E-state index in [0.29, 0.717) is 5.89 Å². The molecule has 0 fully saturated rings.